The molecule has 0 radical (unpaired) electrons. The third-order valence-corrected chi connectivity index (χ3v) is 3.54. The van der Waals surface area contributed by atoms with E-state index in [0.717, 1.165) is 6.04 Å². The minimum absolute atomic E-state index is 0.598. The molecule has 0 aliphatic heterocycles. The van der Waals surface area contributed by atoms with Crippen LogP contribution in [0.25, 0.3) is 0 Å². The largest absolute Gasteiger partial charge is 0.314 e. The van der Waals surface area contributed by atoms with Gasteiger partial charge in [-0.25, -0.2) is 0 Å². The van der Waals surface area contributed by atoms with E-state index in [1.165, 1.54) is 51.5 Å². The Morgan fingerprint density at radius 1 is 1.21 bits per heavy atom. The number of rotatable bonds is 4. The van der Waals surface area contributed by atoms with Gasteiger partial charge < -0.3 is 5.32 Å². The first-order chi connectivity index (χ1) is 6.64. The van der Waals surface area contributed by atoms with Crippen molar-refractivity contribution in [2.75, 3.05) is 6.54 Å². The summed E-state index contributed by atoms with van der Waals surface area (Å²) >= 11 is 0. The predicted molar refractivity (Wildman–Crippen MR) is 63.6 cm³/mol. The van der Waals surface area contributed by atoms with Gasteiger partial charge in [0.2, 0.25) is 0 Å². The van der Waals surface area contributed by atoms with E-state index in [9.17, 15) is 0 Å². The molecule has 0 spiro atoms. The Morgan fingerprint density at radius 2 is 2.00 bits per heavy atom. The fourth-order valence-corrected chi connectivity index (χ4v) is 2.35. The standard InChI is InChI=1S/C13H27N/c1-4-5-11-14-12-7-6-9-13(2,3)10-8-12/h12,14H,4-11H2,1-3H3. The lowest BCUT2D eigenvalue weighted by molar-refractivity contribution is 0.309. The highest BCUT2D eigenvalue weighted by molar-refractivity contribution is 4.79. The maximum atomic E-state index is 3.70. The van der Waals surface area contributed by atoms with Crippen LogP contribution < -0.4 is 5.32 Å². The monoisotopic (exact) mass is 197 g/mol. The lowest BCUT2D eigenvalue weighted by Crippen LogP contribution is -2.29. The molecule has 0 bridgehead atoms. The molecule has 1 heteroatoms. The van der Waals surface area contributed by atoms with Crippen LogP contribution in [0.1, 0.15) is 65.7 Å². The van der Waals surface area contributed by atoms with Crippen LogP contribution >= 0.6 is 0 Å². The van der Waals surface area contributed by atoms with Crippen molar-refractivity contribution >= 4 is 0 Å². The van der Waals surface area contributed by atoms with Crippen molar-refractivity contribution in [2.45, 2.75) is 71.8 Å². The van der Waals surface area contributed by atoms with Crippen LogP contribution in [0.4, 0.5) is 0 Å². The predicted octanol–water partition coefficient (Wildman–Crippen LogP) is 3.74. The van der Waals surface area contributed by atoms with Gasteiger partial charge in [-0.3, -0.25) is 0 Å². The van der Waals surface area contributed by atoms with Crippen molar-refractivity contribution in [3.8, 4) is 0 Å². The van der Waals surface area contributed by atoms with Gasteiger partial charge in [0.05, 0.1) is 0 Å². The average molecular weight is 197 g/mol. The Morgan fingerprint density at radius 3 is 2.71 bits per heavy atom. The van der Waals surface area contributed by atoms with Crippen LogP contribution in [-0.4, -0.2) is 12.6 Å². The topological polar surface area (TPSA) is 12.0 Å². The molecule has 1 unspecified atom stereocenters. The van der Waals surface area contributed by atoms with Crippen molar-refractivity contribution in [2.24, 2.45) is 5.41 Å². The summed E-state index contributed by atoms with van der Waals surface area (Å²) in [6, 6.07) is 0.809. The summed E-state index contributed by atoms with van der Waals surface area (Å²) in [5.74, 6) is 0. The highest BCUT2D eigenvalue weighted by atomic mass is 14.9. The third kappa shape index (κ3) is 4.45. The van der Waals surface area contributed by atoms with Gasteiger partial charge in [-0.15, -0.1) is 0 Å². The van der Waals surface area contributed by atoms with Crippen LogP contribution in [0, 0.1) is 5.41 Å². The Bertz CT molecular complexity index is 151. The van der Waals surface area contributed by atoms with Crippen LogP contribution in [0.15, 0.2) is 0 Å². The Labute approximate surface area is 89.7 Å². The zero-order valence-corrected chi connectivity index (χ0v) is 10.2. The molecule has 1 rings (SSSR count). The van der Waals surface area contributed by atoms with Crippen molar-refractivity contribution in [3.63, 3.8) is 0 Å². The van der Waals surface area contributed by atoms with E-state index in [0.29, 0.717) is 5.41 Å². The van der Waals surface area contributed by atoms with Crippen LogP contribution in [0.3, 0.4) is 0 Å². The van der Waals surface area contributed by atoms with Gasteiger partial charge in [0.1, 0.15) is 0 Å². The molecule has 84 valence electrons. The first kappa shape index (κ1) is 12.0. The smallest absolute Gasteiger partial charge is 0.00672 e. The summed E-state index contributed by atoms with van der Waals surface area (Å²) < 4.78 is 0. The van der Waals surface area contributed by atoms with E-state index in [-0.39, 0.29) is 0 Å². The normalized spacial score (nSPS) is 27.2. The molecule has 1 aliphatic rings. The molecule has 1 aliphatic carbocycles. The van der Waals surface area contributed by atoms with E-state index in [1.54, 1.807) is 0 Å². The molecule has 1 atom stereocenters. The van der Waals surface area contributed by atoms with E-state index < -0.39 is 0 Å². The number of nitrogens with one attached hydrogen (secondary N) is 1. The second-order valence-corrected chi connectivity index (χ2v) is 5.60. The van der Waals surface area contributed by atoms with Gasteiger partial charge >= 0.3 is 0 Å². The van der Waals surface area contributed by atoms with E-state index in [1.807, 2.05) is 0 Å². The molecular weight excluding hydrogens is 170 g/mol. The second-order valence-electron chi connectivity index (χ2n) is 5.60. The van der Waals surface area contributed by atoms with Gasteiger partial charge in [-0.1, -0.05) is 33.6 Å². The van der Waals surface area contributed by atoms with Crippen LogP contribution in [-0.2, 0) is 0 Å². The van der Waals surface area contributed by atoms with Gasteiger partial charge in [-0.05, 0) is 44.1 Å². The van der Waals surface area contributed by atoms with E-state index in [4.69, 9.17) is 0 Å². The van der Waals surface area contributed by atoms with Crippen molar-refractivity contribution < 1.29 is 0 Å². The molecule has 1 N–H and O–H groups in total. The summed E-state index contributed by atoms with van der Waals surface area (Å²) in [5, 5.41) is 3.70. The third-order valence-electron chi connectivity index (χ3n) is 3.54. The van der Waals surface area contributed by atoms with Crippen LogP contribution in [0.2, 0.25) is 0 Å². The van der Waals surface area contributed by atoms with Gasteiger partial charge in [0, 0.05) is 6.04 Å². The van der Waals surface area contributed by atoms with Crippen molar-refractivity contribution in [1.29, 1.82) is 0 Å². The fourth-order valence-electron chi connectivity index (χ4n) is 2.35. The summed E-state index contributed by atoms with van der Waals surface area (Å²) in [6.07, 6.45) is 9.65. The maximum absolute atomic E-state index is 3.70. The summed E-state index contributed by atoms with van der Waals surface area (Å²) in [4.78, 5) is 0. The first-order valence-electron chi connectivity index (χ1n) is 6.37. The second kappa shape index (κ2) is 5.75. The lowest BCUT2D eigenvalue weighted by atomic mass is 9.85. The zero-order chi connectivity index (χ0) is 10.4. The minimum atomic E-state index is 0.598. The van der Waals surface area contributed by atoms with Crippen molar-refractivity contribution in [1.82, 2.24) is 5.32 Å². The summed E-state index contributed by atoms with van der Waals surface area (Å²) in [7, 11) is 0. The summed E-state index contributed by atoms with van der Waals surface area (Å²) in [6.45, 7) is 8.32. The molecule has 1 saturated carbocycles. The van der Waals surface area contributed by atoms with E-state index in [2.05, 4.69) is 26.1 Å². The SMILES string of the molecule is CCCCNC1CCCC(C)(C)CC1. The van der Waals surface area contributed by atoms with Gasteiger partial charge in [0.25, 0.3) is 0 Å². The molecule has 14 heavy (non-hydrogen) atoms. The lowest BCUT2D eigenvalue weighted by Gasteiger charge is -2.22. The molecule has 1 nitrogen and oxygen atoms in total. The highest BCUT2D eigenvalue weighted by Crippen LogP contribution is 2.33. The average Bonchev–Trinajstić information content (AvgIpc) is 2.28. The van der Waals surface area contributed by atoms with E-state index >= 15 is 0 Å². The highest BCUT2D eigenvalue weighted by Gasteiger charge is 2.23. The number of unbranched alkanes of at least 4 members (excludes halogenated alkanes) is 1. The Kier molecular flexibility index (Phi) is 4.94. The fraction of sp³-hybridized carbons (Fsp3) is 1.00. The molecule has 0 heterocycles. The molecule has 1 fully saturated rings. The van der Waals surface area contributed by atoms with Gasteiger partial charge in [-0.2, -0.15) is 0 Å². The van der Waals surface area contributed by atoms with Gasteiger partial charge in [0.15, 0.2) is 0 Å². The maximum Gasteiger partial charge on any atom is 0.00672 e. The van der Waals surface area contributed by atoms with Crippen molar-refractivity contribution in [3.05, 3.63) is 0 Å². The molecule has 0 saturated heterocycles. The molecule has 0 aromatic carbocycles. The Balaban J connectivity index is 2.21. The summed E-state index contributed by atoms with van der Waals surface area (Å²) in [5.41, 5.74) is 0.598. The number of hydrogen-bond donors (Lipinski definition) is 1. The Hall–Kier alpha value is -0.0400. The number of hydrogen-bond acceptors (Lipinski definition) is 1. The minimum Gasteiger partial charge on any atom is -0.314 e. The molecular formula is C13H27N. The quantitative estimate of drug-likeness (QED) is 0.535. The first-order valence-corrected chi connectivity index (χ1v) is 6.37. The molecule has 0 aromatic heterocycles. The zero-order valence-electron chi connectivity index (χ0n) is 10.2. The molecule has 0 amide bonds. The van der Waals surface area contributed by atoms with Crippen LogP contribution in [0.5, 0.6) is 0 Å². The molecule has 0 aromatic rings.